The highest BCUT2D eigenvalue weighted by atomic mass is 35.5. The van der Waals surface area contributed by atoms with Gasteiger partial charge in [0.2, 0.25) is 5.91 Å². The van der Waals surface area contributed by atoms with Gasteiger partial charge in [0, 0.05) is 37.4 Å². The molecule has 184 valence electrons. The van der Waals surface area contributed by atoms with Gasteiger partial charge in [0.05, 0.1) is 32.8 Å². The molecule has 3 heterocycles. The summed E-state index contributed by atoms with van der Waals surface area (Å²) < 4.78 is 19.4. The van der Waals surface area contributed by atoms with Crippen LogP contribution in [-0.4, -0.2) is 89.6 Å². The topological polar surface area (TPSA) is 86.1 Å². The van der Waals surface area contributed by atoms with Gasteiger partial charge >= 0.3 is 0 Å². The fourth-order valence-electron chi connectivity index (χ4n) is 4.23. The number of ether oxygens (including phenoxy) is 3. The van der Waals surface area contributed by atoms with Crippen molar-refractivity contribution in [3.05, 3.63) is 47.2 Å². The zero-order valence-corrected chi connectivity index (χ0v) is 20.2. The average Bonchev–Trinajstić information content (AvgIpc) is 3.32. The van der Waals surface area contributed by atoms with Gasteiger partial charge in [-0.15, -0.1) is 0 Å². The van der Waals surface area contributed by atoms with Gasteiger partial charge in [0.15, 0.2) is 0 Å². The van der Waals surface area contributed by atoms with Gasteiger partial charge in [0.25, 0.3) is 5.91 Å². The second-order valence-electron chi connectivity index (χ2n) is 8.64. The van der Waals surface area contributed by atoms with Crippen molar-refractivity contribution in [3.8, 4) is 5.75 Å². The Bertz CT molecular complexity index is 993. The van der Waals surface area contributed by atoms with Gasteiger partial charge in [-0.2, -0.15) is 5.10 Å². The number of aromatic nitrogens is 2. The molecule has 2 aliphatic rings. The summed E-state index contributed by atoms with van der Waals surface area (Å²) >= 11 is 6.10. The molecule has 9 nitrogen and oxygen atoms in total. The summed E-state index contributed by atoms with van der Waals surface area (Å²) in [5.41, 5.74) is -0.600. The second kappa shape index (κ2) is 11.2. The van der Waals surface area contributed by atoms with E-state index in [1.54, 1.807) is 44.8 Å². The summed E-state index contributed by atoms with van der Waals surface area (Å²) in [4.78, 5) is 29.9. The fourth-order valence-corrected chi connectivity index (χ4v) is 4.41. The maximum absolute atomic E-state index is 13.2. The van der Waals surface area contributed by atoms with E-state index in [-0.39, 0.29) is 31.4 Å². The molecule has 2 saturated heterocycles. The number of hydrogen-bond donors (Lipinski definition) is 0. The van der Waals surface area contributed by atoms with Gasteiger partial charge in [-0.05, 0) is 30.7 Å². The molecule has 0 spiro atoms. The van der Waals surface area contributed by atoms with Crippen LogP contribution >= 0.6 is 11.6 Å². The molecule has 1 aromatic carbocycles. The average molecular weight is 491 g/mol. The number of nitrogens with zero attached hydrogens (tertiary/aromatic N) is 4. The maximum atomic E-state index is 13.2. The van der Waals surface area contributed by atoms with Crippen LogP contribution in [0.15, 0.2) is 36.5 Å². The minimum atomic E-state index is -0.988. The molecule has 2 aliphatic heterocycles. The highest BCUT2D eigenvalue weighted by molar-refractivity contribution is 6.30. The van der Waals surface area contributed by atoms with Crippen molar-refractivity contribution in [3.63, 3.8) is 0 Å². The number of morpholine rings is 2. The van der Waals surface area contributed by atoms with Crippen molar-refractivity contribution in [1.29, 1.82) is 0 Å². The molecule has 0 N–H and O–H groups in total. The molecule has 1 aromatic heterocycles. The van der Waals surface area contributed by atoms with Gasteiger partial charge < -0.3 is 24.0 Å². The van der Waals surface area contributed by atoms with Crippen LogP contribution in [-0.2, 0) is 20.8 Å². The Morgan fingerprint density at radius 3 is 2.71 bits per heavy atom. The highest BCUT2D eigenvalue weighted by Crippen LogP contribution is 2.27. The van der Waals surface area contributed by atoms with E-state index in [2.05, 4.69) is 12.0 Å². The van der Waals surface area contributed by atoms with E-state index in [1.165, 1.54) is 0 Å². The van der Waals surface area contributed by atoms with Gasteiger partial charge in [-0.25, -0.2) is 0 Å². The molecule has 0 unspecified atom stereocenters. The number of aryl methyl sites for hydroxylation is 1. The number of halogens is 1. The molecule has 0 aliphatic carbocycles. The predicted octanol–water partition coefficient (Wildman–Crippen LogP) is 2.49. The number of hydrogen-bond acceptors (Lipinski definition) is 6. The Morgan fingerprint density at radius 1 is 1.15 bits per heavy atom. The minimum Gasteiger partial charge on any atom is -0.490 e. The van der Waals surface area contributed by atoms with Gasteiger partial charge in [0.1, 0.15) is 23.7 Å². The van der Waals surface area contributed by atoms with Crippen LogP contribution in [0.3, 0.4) is 0 Å². The summed E-state index contributed by atoms with van der Waals surface area (Å²) in [6, 6.07) is 8.81. The van der Waals surface area contributed by atoms with E-state index in [0.29, 0.717) is 55.9 Å². The van der Waals surface area contributed by atoms with E-state index in [4.69, 9.17) is 25.8 Å². The standard InChI is InChI=1S/C24H31ClN4O5/c1-2-7-29-8-6-21(26-29)23(31)28-11-14-34-24(17-28,16-22(30)27-9-12-32-13-10-27)18-33-20-5-3-4-19(25)15-20/h3-6,8,15H,2,7,9-14,16-18H2,1H3/t24-/m0/s1. The van der Waals surface area contributed by atoms with Crippen LogP contribution < -0.4 is 4.74 Å². The number of carbonyl (C=O) groups is 2. The molecule has 10 heteroatoms. The summed E-state index contributed by atoms with van der Waals surface area (Å²) in [6.07, 6.45) is 2.84. The summed E-state index contributed by atoms with van der Waals surface area (Å²) in [5.74, 6) is 0.361. The molecule has 2 aromatic rings. The SMILES string of the molecule is CCCn1ccc(C(=O)N2CCO[C@@](COc3cccc(Cl)c3)(CC(=O)N3CCOCC3)C2)n1. The fraction of sp³-hybridized carbons (Fsp3) is 0.542. The third kappa shape index (κ3) is 6.08. The molecular weight excluding hydrogens is 460 g/mol. The Kier molecular flexibility index (Phi) is 8.07. The van der Waals surface area contributed by atoms with Crippen molar-refractivity contribution >= 4 is 23.4 Å². The lowest BCUT2D eigenvalue weighted by Crippen LogP contribution is -2.58. The Labute approximate surface area is 204 Å². The van der Waals surface area contributed by atoms with E-state index in [9.17, 15) is 9.59 Å². The van der Waals surface area contributed by atoms with Crippen molar-refractivity contribution in [2.75, 3.05) is 52.6 Å². The molecule has 0 radical (unpaired) electrons. The van der Waals surface area contributed by atoms with Gasteiger partial charge in [-0.1, -0.05) is 24.6 Å². The lowest BCUT2D eigenvalue weighted by atomic mass is 9.96. The first-order chi connectivity index (χ1) is 16.5. The predicted molar refractivity (Wildman–Crippen MR) is 126 cm³/mol. The zero-order valence-electron chi connectivity index (χ0n) is 19.5. The van der Waals surface area contributed by atoms with Crippen LogP contribution in [0, 0.1) is 0 Å². The first-order valence-corrected chi connectivity index (χ1v) is 12.1. The number of carbonyl (C=O) groups excluding carboxylic acids is 2. The first-order valence-electron chi connectivity index (χ1n) is 11.7. The largest absolute Gasteiger partial charge is 0.490 e. The second-order valence-corrected chi connectivity index (χ2v) is 9.07. The van der Waals surface area contributed by atoms with Crippen molar-refractivity contribution in [2.45, 2.75) is 31.9 Å². The van der Waals surface area contributed by atoms with E-state index in [1.807, 2.05) is 6.20 Å². The molecule has 0 bridgehead atoms. The van der Waals surface area contributed by atoms with Gasteiger partial charge in [-0.3, -0.25) is 14.3 Å². The number of rotatable bonds is 8. The smallest absolute Gasteiger partial charge is 0.274 e. The molecule has 1 atom stereocenters. The molecular formula is C24H31ClN4O5. The van der Waals surface area contributed by atoms with Crippen molar-refractivity contribution < 1.29 is 23.8 Å². The van der Waals surface area contributed by atoms with E-state index < -0.39 is 5.60 Å². The zero-order chi connectivity index (χ0) is 24.0. The number of benzene rings is 1. The molecule has 0 saturated carbocycles. The summed E-state index contributed by atoms with van der Waals surface area (Å²) in [5, 5.41) is 4.97. The monoisotopic (exact) mass is 490 g/mol. The Balaban J connectivity index is 1.51. The Morgan fingerprint density at radius 2 is 1.94 bits per heavy atom. The highest BCUT2D eigenvalue weighted by Gasteiger charge is 2.43. The van der Waals surface area contributed by atoms with Crippen molar-refractivity contribution in [1.82, 2.24) is 19.6 Å². The molecule has 34 heavy (non-hydrogen) atoms. The van der Waals surface area contributed by atoms with Crippen LogP contribution in [0.4, 0.5) is 0 Å². The lowest BCUT2D eigenvalue weighted by molar-refractivity contribution is -0.155. The maximum Gasteiger partial charge on any atom is 0.274 e. The van der Waals surface area contributed by atoms with E-state index >= 15 is 0 Å². The number of amides is 2. The third-order valence-electron chi connectivity index (χ3n) is 5.98. The molecule has 4 rings (SSSR count). The minimum absolute atomic E-state index is 0.0421. The van der Waals surface area contributed by atoms with Crippen molar-refractivity contribution in [2.24, 2.45) is 0 Å². The van der Waals surface area contributed by atoms with E-state index in [0.717, 1.165) is 13.0 Å². The third-order valence-corrected chi connectivity index (χ3v) is 6.22. The first kappa shape index (κ1) is 24.5. The molecule has 2 amide bonds. The summed E-state index contributed by atoms with van der Waals surface area (Å²) in [6.45, 7) is 5.99. The normalized spacial score (nSPS) is 20.9. The van der Waals surface area contributed by atoms with Crippen LogP contribution in [0.1, 0.15) is 30.3 Å². The van der Waals surface area contributed by atoms with Crippen LogP contribution in [0.25, 0.3) is 0 Å². The Hall–Kier alpha value is -2.62. The van der Waals surface area contributed by atoms with Crippen LogP contribution in [0.2, 0.25) is 5.02 Å². The summed E-state index contributed by atoms with van der Waals surface area (Å²) in [7, 11) is 0. The molecule has 2 fully saturated rings. The quantitative estimate of drug-likeness (QED) is 0.565. The van der Waals surface area contributed by atoms with Crippen LogP contribution in [0.5, 0.6) is 5.75 Å². The lowest BCUT2D eigenvalue weighted by Gasteiger charge is -2.43.